The first-order valence-corrected chi connectivity index (χ1v) is 0. The molecule has 0 bridgehead atoms. The molecule has 0 atom stereocenters. The van der Waals surface area contributed by atoms with E-state index >= 15 is 0 Å². The van der Waals surface area contributed by atoms with E-state index in [1.54, 1.807) is 0 Å². The van der Waals surface area contributed by atoms with Crippen molar-refractivity contribution in [2.75, 3.05) is 0 Å². The standard InChI is InChI=1S/Co.Fe.Pd.Pr.Sr.2H/q;;;;+2;2*-1. The Morgan fingerprint density at radius 2 is 1.20 bits per heavy atom. The van der Waals surface area contributed by atoms with Gasteiger partial charge in [0.1, 0.15) is 0 Å². The van der Waals surface area contributed by atoms with Gasteiger partial charge in [0.25, 0.3) is 0 Å². The molecular weight excluding hydrogens is 450 g/mol. The minimum absolute atomic E-state index is 0. The summed E-state index contributed by atoms with van der Waals surface area (Å²) in [5, 5.41) is 0. The fraction of sp³-hybridized carbons (Fsp3) is 0. The van der Waals surface area contributed by atoms with Crippen LogP contribution in [0.5, 0.6) is 0 Å². The van der Waals surface area contributed by atoms with E-state index in [1.165, 1.54) is 0 Å². The minimum Gasteiger partial charge on any atom is -1.00 e. The summed E-state index contributed by atoms with van der Waals surface area (Å²) in [6.07, 6.45) is 0. The molecule has 0 aromatic rings. The van der Waals surface area contributed by atoms with Crippen molar-refractivity contribution in [2.24, 2.45) is 0 Å². The molecule has 0 saturated heterocycles. The zero-order valence-corrected chi connectivity index (χ0v) is 13.2. The average molecular weight is 452 g/mol. The van der Waals surface area contributed by atoms with Gasteiger partial charge in [-0.15, -0.1) is 0 Å². The molecule has 0 N–H and O–H groups in total. The van der Waals surface area contributed by atoms with Gasteiger partial charge in [-0.1, -0.05) is 0 Å². The third-order valence-corrected chi connectivity index (χ3v) is 0. The van der Waals surface area contributed by atoms with E-state index in [2.05, 4.69) is 0 Å². The SMILES string of the molecule is [Co].[Fe].[H-].[H-].[Pd].[Pr].[Sr+2]. The Labute approximate surface area is 140 Å². The molecule has 34 valence electrons. The van der Waals surface area contributed by atoms with Gasteiger partial charge in [-0.05, 0) is 0 Å². The Morgan fingerprint density at radius 1 is 1.20 bits per heavy atom. The van der Waals surface area contributed by atoms with Gasteiger partial charge >= 0.3 is 45.5 Å². The van der Waals surface area contributed by atoms with Crippen LogP contribution in [0.25, 0.3) is 0 Å². The predicted octanol–water partition coefficient (Wildman–Crippen LogP) is -0.163. The third-order valence-electron chi connectivity index (χ3n) is 0. The fourth-order valence-corrected chi connectivity index (χ4v) is 0. The van der Waals surface area contributed by atoms with Crippen molar-refractivity contribution in [2.45, 2.75) is 0 Å². The first-order chi connectivity index (χ1) is 0. The van der Waals surface area contributed by atoms with Crippen molar-refractivity contribution in [1.29, 1.82) is 0 Å². The quantitative estimate of drug-likeness (QED) is 0.449. The Kier molecular flexibility index (Phi) is 159. The van der Waals surface area contributed by atoms with Crippen molar-refractivity contribution in [3.8, 4) is 0 Å². The molecule has 0 aliphatic heterocycles. The molecule has 0 unspecified atom stereocenters. The van der Waals surface area contributed by atoms with Gasteiger partial charge in [0.2, 0.25) is 0 Å². The summed E-state index contributed by atoms with van der Waals surface area (Å²) in [6, 6.07) is 0. The average Bonchev–Trinajstić information content (AvgIpc) is 0. The van der Waals surface area contributed by atoms with Crippen molar-refractivity contribution in [3.63, 3.8) is 0 Å². The Bertz CT molecular complexity index is 17.7. The number of hydrogen-bond donors (Lipinski definition) is 0. The molecule has 0 amide bonds. The van der Waals surface area contributed by atoms with Crippen LogP contribution in [0.3, 0.4) is 0 Å². The van der Waals surface area contributed by atoms with Crippen LogP contribution in [-0.4, -0.2) is 45.5 Å². The van der Waals surface area contributed by atoms with Crippen LogP contribution in [0.1, 0.15) is 2.85 Å². The topological polar surface area (TPSA) is 0 Å². The number of hydrogen-bond acceptors (Lipinski definition) is 0. The first kappa shape index (κ1) is 33.8. The zero-order valence-electron chi connectivity index (χ0n) is 4.29. The normalized spacial score (nSPS) is 0. The molecule has 5 heteroatoms. The van der Waals surface area contributed by atoms with Gasteiger partial charge in [0.05, 0.1) is 0 Å². The second kappa shape index (κ2) is 23.6. The van der Waals surface area contributed by atoms with Crippen LogP contribution in [0.4, 0.5) is 0 Å². The maximum atomic E-state index is 0. The van der Waals surface area contributed by atoms with E-state index in [9.17, 15) is 0 Å². The van der Waals surface area contributed by atoms with Crippen molar-refractivity contribution < 1.29 is 98.4 Å². The first-order valence-electron chi connectivity index (χ1n) is 0. The Balaban J connectivity index is 0. The van der Waals surface area contributed by atoms with E-state index in [0.29, 0.717) is 0 Å². The van der Waals surface area contributed by atoms with Crippen molar-refractivity contribution >= 4 is 45.5 Å². The molecule has 0 heterocycles. The van der Waals surface area contributed by atoms with E-state index in [4.69, 9.17) is 0 Å². The maximum absolute atomic E-state index is 0. The molecule has 0 saturated carbocycles. The molecule has 0 aromatic heterocycles. The van der Waals surface area contributed by atoms with E-state index in [-0.39, 0.29) is 144 Å². The van der Waals surface area contributed by atoms with Gasteiger partial charge in [-0.25, -0.2) is 0 Å². The molecule has 2 radical (unpaired) electrons. The van der Waals surface area contributed by atoms with Crippen molar-refractivity contribution in [3.05, 3.63) is 0 Å². The molecule has 0 rings (SSSR count). The predicted molar refractivity (Wildman–Crippen MR) is 7.98 cm³/mol. The molecule has 0 aliphatic rings. The van der Waals surface area contributed by atoms with Crippen LogP contribution in [0, 0.1) is 41.3 Å². The summed E-state index contributed by atoms with van der Waals surface area (Å²) in [6.45, 7) is 0. The second-order valence-electron chi connectivity index (χ2n) is 0. The van der Waals surface area contributed by atoms with Crippen LogP contribution < -0.4 is 0 Å². The molecule has 0 spiro atoms. The molecular formula is H2CoFePdPrSr. The summed E-state index contributed by atoms with van der Waals surface area (Å²) in [4.78, 5) is 0. The summed E-state index contributed by atoms with van der Waals surface area (Å²) >= 11 is 0. The molecule has 5 heavy (non-hydrogen) atoms. The molecule has 0 nitrogen and oxygen atoms in total. The van der Waals surface area contributed by atoms with Gasteiger partial charge in [-0.3, -0.25) is 0 Å². The van der Waals surface area contributed by atoms with Crippen LogP contribution in [-0.2, 0) is 54.3 Å². The molecule has 0 fully saturated rings. The monoisotopic (exact) mass is 452 g/mol. The van der Waals surface area contributed by atoms with Gasteiger partial charge in [-0.2, -0.15) is 0 Å². The zero-order chi connectivity index (χ0) is 0. The summed E-state index contributed by atoms with van der Waals surface area (Å²) in [5.41, 5.74) is 0. The summed E-state index contributed by atoms with van der Waals surface area (Å²) in [7, 11) is 0. The largest absolute Gasteiger partial charge is 2.00 e. The summed E-state index contributed by atoms with van der Waals surface area (Å²) in [5.74, 6) is 0. The smallest absolute Gasteiger partial charge is 1.00 e. The van der Waals surface area contributed by atoms with E-state index in [1.807, 2.05) is 0 Å². The second-order valence-corrected chi connectivity index (χ2v) is 0. The number of rotatable bonds is 0. The van der Waals surface area contributed by atoms with Crippen molar-refractivity contribution in [1.82, 2.24) is 0 Å². The van der Waals surface area contributed by atoms with E-state index in [0.717, 1.165) is 0 Å². The van der Waals surface area contributed by atoms with Crippen LogP contribution >= 0.6 is 0 Å². The van der Waals surface area contributed by atoms with Gasteiger partial charge < -0.3 is 2.85 Å². The van der Waals surface area contributed by atoms with Crippen LogP contribution in [0.2, 0.25) is 0 Å². The van der Waals surface area contributed by atoms with Gasteiger partial charge in [0, 0.05) is 95.6 Å². The fourth-order valence-electron chi connectivity index (χ4n) is 0. The Hall–Kier alpha value is 4.53. The molecule has 0 aromatic carbocycles. The van der Waals surface area contributed by atoms with E-state index < -0.39 is 0 Å². The Morgan fingerprint density at radius 3 is 1.20 bits per heavy atom. The molecule has 0 aliphatic carbocycles. The van der Waals surface area contributed by atoms with Crippen LogP contribution in [0.15, 0.2) is 0 Å². The third kappa shape index (κ3) is 17.7. The maximum Gasteiger partial charge on any atom is 2.00 e. The van der Waals surface area contributed by atoms with Gasteiger partial charge in [0.15, 0.2) is 0 Å². The minimum atomic E-state index is 0. The summed E-state index contributed by atoms with van der Waals surface area (Å²) < 4.78 is 0.